The number of carbonyl (C=O) groups excluding carboxylic acids is 1. The highest BCUT2D eigenvalue weighted by Gasteiger charge is 2.63. The molecule has 0 bridgehead atoms. The molecule has 2 saturated carbocycles. The minimum atomic E-state index is -0.495. The zero-order valence-corrected chi connectivity index (χ0v) is 13.5. The van der Waals surface area contributed by atoms with Crippen LogP contribution in [0.25, 0.3) is 0 Å². The average Bonchev–Trinajstić information content (AvgIpc) is 2.72. The Bertz CT molecular complexity index is 390. The van der Waals surface area contributed by atoms with Crippen LogP contribution in [0.3, 0.4) is 0 Å². The molecule has 2 aliphatic carbocycles. The van der Waals surface area contributed by atoms with Gasteiger partial charge in [-0.1, -0.05) is 20.8 Å². The van der Waals surface area contributed by atoms with Gasteiger partial charge >= 0.3 is 0 Å². The normalized spacial score (nSPS) is 45.9. The van der Waals surface area contributed by atoms with Gasteiger partial charge in [-0.05, 0) is 50.4 Å². The maximum atomic E-state index is 12.6. The van der Waals surface area contributed by atoms with Gasteiger partial charge in [-0.2, -0.15) is 0 Å². The maximum absolute atomic E-state index is 12.6. The number of hydrogen-bond acceptors (Lipinski definition) is 3. The predicted octanol–water partition coefficient (Wildman–Crippen LogP) is 2.79. The molecule has 3 heteroatoms. The van der Waals surface area contributed by atoms with Gasteiger partial charge in [0.05, 0.1) is 12.2 Å². The van der Waals surface area contributed by atoms with Crippen molar-refractivity contribution < 1.29 is 15.0 Å². The van der Waals surface area contributed by atoms with Crippen molar-refractivity contribution in [2.75, 3.05) is 0 Å². The van der Waals surface area contributed by atoms with Gasteiger partial charge in [-0.25, -0.2) is 0 Å². The number of carbonyl (C=O) groups is 1. The van der Waals surface area contributed by atoms with Crippen LogP contribution in [-0.4, -0.2) is 28.2 Å². The van der Waals surface area contributed by atoms with Gasteiger partial charge in [0.25, 0.3) is 0 Å². The van der Waals surface area contributed by atoms with Gasteiger partial charge in [-0.15, -0.1) is 0 Å². The van der Waals surface area contributed by atoms with Crippen molar-refractivity contribution >= 4 is 5.78 Å². The molecule has 7 atom stereocenters. The lowest BCUT2D eigenvalue weighted by molar-refractivity contribution is -0.158. The second-order valence-electron chi connectivity index (χ2n) is 7.64. The summed E-state index contributed by atoms with van der Waals surface area (Å²) in [5.41, 5.74) is -0.488. The number of rotatable bonds is 3. The Morgan fingerprint density at radius 3 is 2.30 bits per heavy atom. The van der Waals surface area contributed by atoms with Crippen molar-refractivity contribution in [3.8, 4) is 0 Å². The average molecular weight is 282 g/mol. The SMILES string of the molecule is CC([C@H](C)O)C12CCC(=O)C1[C@](C)(C(C)O)[C@H](C)CC2. The van der Waals surface area contributed by atoms with Crippen LogP contribution >= 0.6 is 0 Å². The third kappa shape index (κ3) is 1.97. The van der Waals surface area contributed by atoms with E-state index >= 15 is 0 Å². The van der Waals surface area contributed by atoms with E-state index in [9.17, 15) is 15.0 Å². The fourth-order valence-electron chi connectivity index (χ4n) is 5.13. The minimum absolute atomic E-state index is 0.101. The molecule has 4 unspecified atom stereocenters. The fraction of sp³-hybridized carbons (Fsp3) is 0.941. The first-order valence-corrected chi connectivity index (χ1v) is 8.06. The van der Waals surface area contributed by atoms with Crippen molar-refractivity contribution in [2.45, 2.75) is 72.5 Å². The standard InChI is InChI=1S/C17H30O3/c1-10-6-8-17(11(2)12(3)18)9-7-14(20)15(17)16(10,5)13(4)19/h10-13,15,18-19H,6-9H2,1-5H3/t10-,11?,12+,13?,15?,16+,17?/m1/s1. The first-order chi connectivity index (χ1) is 9.18. The van der Waals surface area contributed by atoms with E-state index in [1.54, 1.807) is 0 Å². The number of aliphatic hydroxyl groups excluding tert-OH is 2. The summed E-state index contributed by atoms with van der Waals surface area (Å²) in [6.07, 6.45) is 2.61. The second-order valence-corrected chi connectivity index (χ2v) is 7.64. The first kappa shape index (κ1) is 16.0. The molecule has 0 aromatic rings. The van der Waals surface area contributed by atoms with Crippen molar-refractivity contribution in [1.29, 1.82) is 0 Å². The molecule has 2 aliphatic rings. The van der Waals surface area contributed by atoms with E-state index in [0.29, 0.717) is 18.1 Å². The minimum Gasteiger partial charge on any atom is -0.393 e. The third-order valence-corrected chi connectivity index (χ3v) is 6.99. The molecule has 0 aromatic carbocycles. The Morgan fingerprint density at radius 2 is 1.80 bits per heavy atom. The zero-order chi connectivity index (χ0) is 15.3. The van der Waals surface area contributed by atoms with Gasteiger partial charge in [0.1, 0.15) is 5.78 Å². The molecule has 0 aromatic heterocycles. The molecule has 116 valence electrons. The molecule has 2 N–H and O–H groups in total. The monoisotopic (exact) mass is 282 g/mol. The first-order valence-electron chi connectivity index (χ1n) is 8.06. The molecule has 2 fully saturated rings. The Hall–Kier alpha value is -0.410. The van der Waals surface area contributed by atoms with Gasteiger partial charge < -0.3 is 10.2 Å². The highest BCUT2D eigenvalue weighted by molar-refractivity contribution is 5.85. The largest absolute Gasteiger partial charge is 0.393 e. The van der Waals surface area contributed by atoms with E-state index in [-0.39, 0.29) is 22.7 Å². The molecule has 0 saturated heterocycles. The summed E-state index contributed by atoms with van der Waals surface area (Å²) in [7, 11) is 0. The van der Waals surface area contributed by atoms with E-state index < -0.39 is 12.2 Å². The van der Waals surface area contributed by atoms with Gasteiger partial charge in [0.15, 0.2) is 0 Å². The molecule has 0 radical (unpaired) electrons. The molecule has 0 heterocycles. The van der Waals surface area contributed by atoms with Crippen molar-refractivity contribution in [3.63, 3.8) is 0 Å². The fourth-order valence-corrected chi connectivity index (χ4v) is 5.13. The molecule has 0 spiro atoms. The van der Waals surface area contributed by atoms with Crippen LogP contribution in [0, 0.1) is 28.6 Å². The molecule has 2 rings (SSSR count). The summed E-state index contributed by atoms with van der Waals surface area (Å²) in [5, 5.41) is 20.5. The van der Waals surface area contributed by atoms with E-state index in [1.807, 2.05) is 13.8 Å². The summed E-state index contributed by atoms with van der Waals surface area (Å²) in [6.45, 7) is 9.98. The Balaban J connectivity index is 2.51. The van der Waals surface area contributed by atoms with Gasteiger partial charge in [-0.3, -0.25) is 4.79 Å². The molecular weight excluding hydrogens is 252 g/mol. The second kappa shape index (κ2) is 5.10. The topological polar surface area (TPSA) is 57.5 Å². The summed E-state index contributed by atoms with van der Waals surface area (Å²) in [6, 6.07) is 0. The van der Waals surface area contributed by atoms with E-state index in [1.165, 1.54) is 0 Å². The number of hydrogen-bond donors (Lipinski definition) is 2. The van der Waals surface area contributed by atoms with Crippen LogP contribution in [-0.2, 0) is 4.79 Å². The number of aliphatic hydroxyl groups is 2. The smallest absolute Gasteiger partial charge is 0.137 e. The Morgan fingerprint density at radius 1 is 1.20 bits per heavy atom. The van der Waals surface area contributed by atoms with Crippen LogP contribution in [0.1, 0.15) is 60.3 Å². The number of Topliss-reactive ketones (excluding diaryl/α,β-unsaturated/α-hetero) is 1. The van der Waals surface area contributed by atoms with Crippen LogP contribution in [0.5, 0.6) is 0 Å². The van der Waals surface area contributed by atoms with E-state index in [0.717, 1.165) is 19.3 Å². The lowest BCUT2D eigenvalue weighted by Crippen LogP contribution is -2.57. The van der Waals surface area contributed by atoms with Crippen molar-refractivity contribution in [3.05, 3.63) is 0 Å². The van der Waals surface area contributed by atoms with Crippen LogP contribution in [0.4, 0.5) is 0 Å². The summed E-state index contributed by atoms with van der Waals surface area (Å²) >= 11 is 0. The van der Waals surface area contributed by atoms with Crippen molar-refractivity contribution in [2.24, 2.45) is 28.6 Å². The quantitative estimate of drug-likeness (QED) is 0.837. The Labute approximate surface area is 122 Å². The Kier molecular flexibility index (Phi) is 4.07. The lowest BCUT2D eigenvalue weighted by atomic mass is 9.47. The van der Waals surface area contributed by atoms with E-state index in [2.05, 4.69) is 20.8 Å². The number of fused-ring (bicyclic) bond motifs is 1. The lowest BCUT2D eigenvalue weighted by Gasteiger charge is -2.57. The molecular formula is C17H30O3. The summed E-state index contributed by atoms with van der Waals surface area (Å²) in [5.74, 6) is 0.629. The highest BCUT2D eigenvalue weighted by atomic mass is 16.3. The third-order valence-electron chi connectivity index (χ3n) is 6.99. The maximum Gasteiger partial charge on any atom is 0.137 e. The van der Waals surface area contributed by atoms with Gasteiger partial charge in [0.2, 0.25) is 0 Å². The van der Waals surface area contributed by atoms with Gasteiger partial charge in [0, 0.05) is 17.8 Å². The molecule has 20 heavy (non-hydrogen) atoms. The number of ketones is 1. The van der Waals surface area contributed by atoms with Crippen LogP contribution < -0.4 is 0 Å². The van der Waals surface area contributed by atoms with E-state index in [4.69, 9.17) is 0 Å². The highest BCUT2D eigenvalue weighted by Crippen LogP contribution is 2.64. The molecule has 0 aliphatic heterocycles. The predicted molar refractivity (Wildman–Crippen MR) is 79.2 cm³/mol. The van der Waals surface area contributed by atoms with Crippen molar-refractivity contribution in [1.82, 2.24) is 0 Å². The summed E-state index contributed by atoms with van der Waals surface area (Å²) < 4.78 is 0. The molecule has 3 nitrogen and oxygen atoms in total. The molecule has 0 amide bonds. The zero-order valence-electron chi connectivity index (χ0n) is 13.5. The van der Waals surface area contributed by atoms with Crippen LogP contribution in [0.15, 0.2) is 0 Å². The van der Waals surface area contributed by atoms with Crippen LogP contribution in [0.2, 0.25) is 0 Å². The summed E-state index contributed by atoms with van der Waals surface area (Å²) in [4.78, 5) is 12.6.